The minimum Gasteiger partial charge on any atom is -0.290 e. The highest BCUT2D eigenvalue weighted by molar-refractivity contribution is 7.10. The number of rotatable bonds is 3. The molecular formula is C15H18N4OS. The summed E-state index contributed by atoms with van der Waals surface area (Å²) in [5.74, 6) is -1.12. The summed E-state index contributed by atoms with van der Waals surface area (Å²) in [6, 6.07) is 3.83. The molecule has 2 heterocycles. The highest BCUT2D eigenvalue weighted by atomic mass is 32.1. The third-order valence-corrected chi connectivity index (χ3v) is 4.20. The molecule has 0 bridgehead atoms. The summed E-state index contributed by atoms with van der Waals surface area (Å²) in [7, 11) is 1.73. The van der Waals surface area contributed by atoms with E-state index < -0.39 is 5.92 Å². The molecule has 1 atom stereocenters. The van der Waals surface area contributed by atoms with Crippen molar-refractivity contribution in [2.45, 2.75) is 39.0 Å². The molecule has 0 saturated heterocycles. The molecular weight excluding hydrogens is 284 g/mol. The second-order valence-electron chi connectivity index (χ2n) is 6.04. The van der Waals surface area contributed by atoms with Crippen molar-refractivity contribution < 1.29 is 4.79 Å². The van der Waals surface area contributed by atoms with E-state index in [1.807, 2.05) is 33.1 Å². The lowest BCUT2D eigenvalue weighted by atomic mass is 9.91. The number of nitriles is 1. The molecule has 0 aromatic carbocycles. The maximum Gasteiger partial charge on any atom is 0.204 e. The van der Waals surface area contributed by atoms with Gasteiger partial charge in [0.15, 0.2) is 5.92 Å². The number of Topliss-reactive ketones (excluding diaryl/α,β-unsaturated/α-hetero) is 1. The van der Waals surface area contributed by atoms with E-state index >= 15 is 0 Å². The fourth-order valence-corrected chi connectivity index (χ4v) is 2.78. The summed E-state index contributed by atoms with van der Waals surface area (Å²) in [4.78, 5) is 16.9. The van der Waals surface area contributed by atoms with E-state index in [0.717, 1.165) is 11.4 Å². The van der Waals surface area contributed by atoms with Gasteiger partial charge in [0.1, 0.15) is 10.7 Å². The quantitative estimate of drug-likeness (QED) is 0.817. The number of carbonyl (C=O) groups excluding carboxylic acids is 1. The van der Waals surface area contributed by atoms with E-state index in [1.165, 1.54) is 11.3 Å². The minimum absolute atomic E-state index is 0.143. The van der Waals surface area contributed by atoms with Crippen LogP contribution in [0.25, 0.3) is 0 Å². The van der Waals surface area contributed by atoms with Gasteiger partial charge in [-0.25, -0.2) is 4.98 Å². The van der Waals surface area contributed by atoms with E-state index in [-0.39, 0.29) is 11.2 Å². The van der Waals surface area contributed by atoms with Gasteiger partial charge in [-0.05, 0) is 13.0 Å². The third kappa shape index (κ3) is 3.03. The van der Waals surface area contributed by atoms with E-state index in [4.69, 9.17) is 0 Å². The Kier molecular flexibility index (Phi) is 3.97. The van der Waals surface area contributed by atoms with Crippen LogP contribution >= 0.6 is 11.3 Å². The normalized spacial score (nSPS) is 13.0. The Morgan fingerprint density at radius 2 is 2.14 bits per heavy atom. The number of hydrogen-bond donors (Lipinski definition) is 0. The Morgan fingerprint density at radius 1 is 1.48 bits per heavy atom. The molecule has 2 rings (SSSR count). The maximum absolute atomic E-state index is 12.6. The number of nitrogens with zero attached hydrogens (tertiary/aromatic N) is 4. The molecule has 2 aromatic heterocycles. The van der Waals surface area contributed by atoms with Gasteiger partial charge in [-0.2, -0.15) is 10.4 Å². The van der Waals surface area contributed by atoms with Crippen LogP contribution in [0.3, 0.4) is 0 Å². The van der Waals surface area contributed by atoms with Gasteiger partial charge in [0.2, 0.25) is 5.78 Å². The van der Waals surface area contributed by atoms with Gasteiger partial charge in [-0.3, -0.25) is 9.48 Å². The Bertz CT molecular complexity index is 715. The first-order chi connectivity index (χ1) is 9.74. The van der Waals surface area contributed by atoms with E-state index in [9.17, 15) is 10.1 Å². The monoisotopic (exact) mass is 302 g/mol. The van der Waals surface area contributed by atoms with Gasteiger partial charge < -0.3 is 0 Å². The van der Waals surface area contributed by atoms with Crippen LogP contribution in [-0.2, 0) is 12.5 Å². The molecule has 0 aliphatic rings. The zero-order valence-electron chi connectivity index (χ0n) is 12.8. The summed E-state index contributed by atoms with van der Waals surface area (Å²) in [5.41, 5.74) is 1.96. The van der Waals surface area contributed by atoms with Gasteiger partial charge in [0, 0.05) is 23.5 Å². The van der Waals surface area contributed by atoms with E-state index in [2.05, 4.69) is 16.2 Å². The van der Waals surface area contributed by atoms with Crippen molar-refractivity contribution in [2.24, 2.45) is 7.05 Å². The largest absolute Gasteiger partial charge is 0.290 e. The molecule has 0 fully saturated rings. The van der Waals surface area contributed by atoms with Crippen molar-refractivity contribution in [3.8, 4) is 6.07 Å². The molecule has 21 heavy (non-hydrogen) atoms. The number of aromatic nitrogens is 3. The van der Waals surface area contributed by atoms with Crippen molar-refractivity contribution in [1.29, 1.82) is 5.26 Å². The lowest BCUT2D eigenvalue weighted by Gasteiger charge is -2.13. The van der Waals surface area contributed by atoms with Gasteiger partial charge in [-0.15, -0.1) is 11.3 Å². The SMILES string of the molecule is Cc1csc(C(C#N)C(=O)c2cc(C(C)(C)C)nn2C)n1. The summed E-state index contributed by atoms with van der Waals surface area (Å²) in [6.07, 6.45) is 0. The maximum atomic E-state index is 12.6. The molecule has 0 N–H and O–H groups in total. The predicted octanol–water partition coefficient (Wildman–Crippen LogP) is 2.97. The predicted molar refractivity (Wildman–Crippen MR) is 81.4 cm³/mol. The summed E-state index contributed by atoms with van der Waals surface area (Å²) in [6.45, 7) is 7.96. The lowest BCUT2D eigenvalue weighted by molar-refractivity contribution is 0.0969. The number of thiazole rings is 1. The van der Waals surface area contributed by atoms with Gasteiger partial charge >= 0.3 is 0 Å². The van der Waals surface area contributed by atoms with Crippen LogP contribution in [0, 0.1) is 18.3 Å². The Labute approximate surface area is 128 Å². The van der Waals surface area contributed by atoms with Crippen LogP contribution in [0.15, 0.2) is 11.4 Å². The molecule has 0 amide bonds. The number of hydrogen-bond acceptors (Lipinski definition) is 5. The van der Waals surface area contributed by atoms with Crippen molar-refractivity contribution in [1.82, 2.24) is 14.8 Å². The van der Waals surface area contributed by atoms with Gasteiger partial charge in [0.25, 0.3) is 0 Å². The number of carbonyl (C=O) groups is 1. The van der Waals surface area contributed by atoms with Crippen molar-refractivity contribution in [3.05, 3.63) is 33.5 Å². The number of ketones is 1. The Hall–Kier alpha value is -2.00. The average Bonchev–Trinajstić information content (AvgIpc) is 2.96. The zero-order valence-corrected chi connectivity index (χ0v) is 13.7. The molecule has 0 aliphatic heterocycles. The van der Waals surface area contributed by atoms with Crippen LogP contribution in [0.1, 0.15) is 53.6 Å². The molecule has 0 radical (unpaired) electrons. The Morgan fingerprint density at radius 3 is 2.57 bits per heavy atom. The molecule has 1 unspecified atom stereocenters. The Balaban J connectivity index is 2.40. The molecule has 5 nitrogen and oxygen atoms in total. The summed E-state index contributed by atoms with van der Waals surface area (Å²) >= 11 is 1.34. The fourth-order valence-electron chi connectivity index (χ4n) is 1.94. The van der Waals surface area contributed by atoms with E-state index in [1.54, 1.807) is 17.8 Å². The lowest BCUT2D eigenvalue weighted by Crippen LogP contribution is -2.15. The van der Waals surface area contributed by atoms with Gasteiger partial charge in [-0.1, -0.05) is 20.8 Å². The van der Waals surface area contributed by atoms with E-state index in [0.29, 0.717) is 10.7 Å². The van der Waals surface area contributed by atoms with Crippen LogP contribution in [0.2, 0.25) is 0 Å². The second-order valence-corrected chi connectivity index (χ2v) is 6.93. The number of aryl methyl sites for hydroxylation is 2. The van der Waals surface area contributed by atoms with Crippen LogP contribution in [-0.4, -0.2) is 20.5 Å². The molecule has 0 aliphatic carbocycles. The highest BCUT2D eigenvalue weighted by Gasteiger charge is 2.29. The smallest absolute Gasteiger partial charge is 0.204 e. The van der Waals surface area contributed by atoms with Gasteiger partial charge in [0.05, 0.1) is 11.8 Å². The fraction of sp³-hybridized carbons (Fsp3) is 0.467. The molecule has 110 valence electrons. The molecule has 0 saturated carbocycles. The van der Waals surface area contributed by atoms with Crippen molar-refractivity contribution >= 4 is 17.1 Å². The molecule has 6 heteroatoms. The molecule has 2 aromatic rings. The molecule has 0 spiro atoms. The first-order valence-corrected chi connectivity index (χ1v) is 7.52. The first-order valence-electron chi connectivity index (χ1n) is 6.64. The highest BCUT2D eigenvalue weighted by Crippen LogP contribution is 2.26. The van der Waals surface area contributed by atoms with Crippen LogP contribution in [0.4, 0.5) is 0 Å². The standard InChI is InChI=1S/C15H18N4OS/c1-9-8-21-14(17-9)10(7-16)13(20)11-6-12(15(2,3)4)18-19(11)5/h6,8,10H,1-5H3. The van der Waals surface area contributed by atoms with Crippen LogP contribution in [0.5, 0.6) is 0 Å². The summed E-state index contributed by atoms with van der Waals surface area (Å²) < 4.78 is 1.55. The summed E-state index contributed by atoms with van der Waals surface area (Å²) in [5, 5.41) is 16.1. The third-order valence-electron chi connectivity index (χ3n) is 3.18. The minimum atomic E-state index is -0.869. The second kappa shape index (κ2) is 5.41. The van der Waals surface area contributed by atoms with Crippen molar-refractivity contribution in [2.75, 3.05) is 0 Å². The average molecular weight is 302 g/mol. The van der Waals surface area contributed by atoms with Crippen molar-refractivity contribution in [3.63, 3.8) is 0 Å². The topological polar surface area (TPSA) is 71.6 Å². The first kappa shape index (κ1) is 15.4. The van der Waals surface area contributed by atoms with Crippen LogP contribution < -0.4 is 0 Å². The zero-order chi connectivity index (χ0) is 15.8.